The van der Waals surface area contributed by atoms with Gasteiger partial charge in [0.05, 0.1) is 10.7 Å². The molecule has 1 atom stereocenters. The van der Waals surface area contributed by atoms with Gasteiger partial charge in [0.2, 0.25) is 0 Å². The summed E-state index contributed by atoms with van der Waals surface area (Å²) in [5.41, 5.74) is 1.79. The van der Waals surface area contributed by atoms with Crippen LogP contribution < -0.4 is 5.32 Å². The summed E-state index contributed by atoms with van der Waals surface area (Å²) in [5.74, 6) is 0.801. The van der Waals surface area contributed by atoms with Crippen LogP contribution in [0.15, 0.2) is 0 Å². The van der Waals surface area contributed by atoms with Gasteiger partial charge in [0.1, 0.15) is 0 Å². The van der Waals surface area contributed by atoms with E-state index in [0.717, 1.165) is 18.9 Å². The molecule has 1 saturated carbocycles. The minimum absolute atomic E-state index is 0.396. The van der Waals surface area contributed by atoms with Gasteiger partial charge in [-0.3, -0.25) is 0 Å². The summed E-state index contributed by atoms with van der Waals surface area (Å²) in [6.07, 6.45) is 6.36. The molecule has 2 aliphatic rings. The Kier molecular flexibility index (Phi) is 3.23. The first-order valence-corrected chi connectivity index (χ1v) is 8.13. The molecule has 0 aliphatic heterocycles. The number of nitrogens with one attached hydrogen (secondary N) is 1. The monoisotopic (exact) mass is 264 g/mol. The quantitative estimate of drug-likeness (QED) is 0.888. The van der Waals surface area contributed by atoms with Gasteiger partial charge in [-0.1, -0.05) is 20.8 Å². The average molecular weight is 264 g/mol. The van der Waals surface area contributed by atoms with Gasteiger partial charge in [-0.15, -0.1) is 11.3 Å². The first-order valence-electron chi connectivity index (χ1n) is 7.32. The first-order chi connectivity index (χ1) is 8.59. The van der Waals surface area contributed by atoms with Crippen molar-refractivity contribution in [2.75, 3.05) is 6.54 Å². The van der Waals surface area contributed by atoms with Crippen molar-refractivity contribution >= 4 is 11.3 Å². The Morgan fingerprint density at radius 1 is 1.39 bits per heavy atom. The maximum absolute atomic E-state index is 4.95. The van der Waals surface area contributed by atoms with Crippen molar-refractivity contribution in [1.29, 1.82) is 0 Å². The third-order valence-corrected chi connectivity index (χ3v) is 5.40. The molecule has 3 rings (SSSR count). The Balaban J connectivity index is 1.87. The van der Waals surface area contributed by atoms with E-state index < -0.39 is 0 Å². The highest BCUT2D eigenvalue weighted by molar-refractivity contribution is 7.12. The Morgan fingerprint density at radius 3 is 2.83 bits per heavy atom. The number of hydrogen-bond donors (Lipinski definition) is 1. The molecular weight excluding hydrogens is 240 g/mol. The van der Waals surface area contributed by atoms with Crippen molar-refractivity contribution < 1.29 is 0 Å². The fraction of sp³-hybridized carbons (Fsp3) is 0.800. The van der Waals surface area contributed by atoms with Crippen LogP contribution in [0.4, 0.5) is 0 Å². The molecule has 0 radical (unpaired) electrons. The minimum atomic E-state index is 0.396. The van der Waals surface area contributed by atoms with Crippen molar-refractivity contribution in [2.24, 2.45) is 5.41 Å². The molecule has 0 amide bonds. The average Bonchev–Trinajstić information content (AvgIpc) is 3.06. The fourth-order valence-electron chi connectivity index (χ4n) is 2.94. The summed E-state index contributed by atoms with van der Waals surface area (Å²) in [6.45, 7) is 8.13. The van der Waals surface area contributed by atoms with E-state index in [1.54, 1.807) is 4.88 Å². The molecule has 1 aromatic heterocycles. The second kappa shape index (κ2) is 4.61. The zero-order valence-electron chi connectivity index (χ0n) is 11.8. The Hall–Kier alpha value is -0.410. The molecule has 1 aromatic rings. The summed E-state index contributed by atoms with van der Waals surface area (Å²) < 4.78 is 0. The summed E-state index contributed by atoms with van der Waals surface area (Å²) in [5, 5.41) is 5.14. The Labute approximate surface area is 114 Å². The second-order valence-electron chi connectivity index (χ2n) is 6.69. The lowest BCUT2D eigenvalue weighted by atomic mass is 9.76. The van der Waals surface area contributed by atoms with Crippen molar-refractivity contribution in [2.45, 2.75) is 64.8 Å². The van der Waals surface area contributed by atoms with Crippen molar-refractivity contribution in [3.8, 4) is 0 Å². The van der Waals surface area contributed by atoms with Crippen molar-refractivity contribution in [1.82, 2.24) is 10.3 Å². The van der Waals surface area contributed by atoms with Crippen LogP contribution in [-0.4, -0.2) is 11.5 Å². The lowest BCUT2D eigenvalue weighted by Gasteiger charge is -2.34. The second-order valence-corrected chi connectivity index (χ2v) is 7.75. The van der Waals surface area contributed by atoms with Crippen LogP contribution in [0.25, 0.3) is 0 Å². The molecular formula is C15H24N2S. The number of fused-ring (bicyclic) bond motifs is 1. The lowest BCUT2D eigenvalue weighted by molar-refractivity contribution is 0.258. The summed E-state index contributed by atoms with van der Waals surface area (Å²) in [4.78, 5) is 6.49. The van der Waals surface area contributed by atoms with Crippen LogP contribution in [0.3, 0.4) is 0 Å². The highest BCUT2D eigenvalue weighted by Crippen LogP contribution is 2.48. The molecule has 2 nitrogen and oxygen atoms in total. The molecule has 0 aromatic carbocycles. The molecule has 18 heavy (non-hydrogen) atoms. The van der Waals surface area contributed by atoms with Gasteiger partial charge in [-0.25, -0.2) is 4.98 Å². The van der Waals surface area contributed by atoms with Crippen LogP contribution >= 0.6 is 11.3 Å². The van der Waals surface area contributed by atoms with Crippen LogP contribution in [0.5, 0.6) is 0 Å². The molecule has 100 valence electrons. The van der Waals surface area contributed by atoms with Crippen molar-refractivity contribution in [3.63, 3.8) is 0 Å². The normalized spacial score (nSPS) is 26.1. The predicted octanol–water partition coefficient (Wildman–Crippen LogP) is 4.03. The van der Waals surface area contributed by atoms with Crippen LogP contribution in [0, 0.1) is 5.41 Å². The van der Waals surface area contributed by atoms with Gasteiger partial charge in [0.25, 0.3) is 0 Å². The zero-order chi connectivity index (χ0) is 12.8. The van der Waals surface area contributed by atoms with E-state index in [2.05, 4.69) is 26.1 Å². The van der Waals surface area contributed by atoms with Gasteiger partial charge in [-0.05, 0) is 44.1 Å². The molecule has 1 N–H and O–H groups in total. The van der Waals surface area contributed by atoms with Gasteiger partial charge in [-0.2, -0.15) is 0 Å². The molecule has 0 bridgehead atoms. The number of hydrogen-bond acceptors (Lipinski definition) is 3. The third-order valence-electron chi connectivity index (χ3n) is 4.03. The smallest absolute Gasteiger partial charge is 0.0962 e. The van der Waals surface area contributed by atoms with E-state index in [1.807, 2.05) is 11.3 Å². The van der Waals surface area contributed by atoms with Crippen LogP contribution in [-0.2, 0) is 6.42 Å². The fourth-order valence-corrected chi connectivity index (χ4v) is 4.27. The van der Waals surface area contributed by atoms with Gasteiger partial charge >= 0.3 is 0 Å². The summed E-state index contributed by atoms with van der Waals surface area (Å²) in [6, 6.07) is 0.550. The van der Waals surface area contributed by atoms with E-state index in [-0.39, 0.29) is 0 Å². The molecule has 0 spiro atoms. The maximum Gasteiger partial charge on any atom is 0.0962 e. The van der Waals surface area contributed by atoms with E-state index in [4.69, 9.17) is 4.98 Å². The van der Waals surface area contributed by atoms with Gasteiger partial charge in [0.15, 0.2) is 0 Å². The number of aromatic nitrogens is 1. The zero-order valence-corrected chi connectivity index (χ0v) is 12.6. The van der Waals surface area contributed by atoms with E-state index in [1.165, 1.54) is 36.4 Å². The third kappa shape index (κ3) is 2.48. The van der Waals surface area contributed by atoms with E-state index in [9.17, 15) is 0 Å². The van der Waals surface area contributed by atoms with Crippen LogP contribution in [0.1, 0.15) is 74.0 Å². The molecule has 1 unspecified atom stereocenters. The summed E-state index contributed by atoms with van der Waals surface area (Å²) >= 11 is 1.99. The highest BCUT2D eigenvalue weighted by atomic mass is 32.1. The lowest BCUT2D eigenvalue weighted by Crippen LogP contribution is -2.33. The van der Waals surface area contributed by atoms with Gasteiger partial charge in [0, 0.05) is 16.8 Å². The molecule has 1 heterocycles. The number of thiazole rings is 1. The Bertz CT molecular complexity index is 432. The maximum atomic E-state index is 4.95. The van der Waals surface area contributed by atoms with E-state index >= 15 is 0 Å². The topological polar surface area (TPSA) is 24.9 Å². The standard InChI is InChI=1S/C15H24N2S/c1-4-7-16-11-8-15(2,3)9-12-13(11)18-14(17-12)10-5-6-10/h10-11,16H,4-9H2,1-3H3. The van der Waals surface area contributed by atoms with E-state index in [0.29, 0.717) is 11.5 Å². The summed E-state index contributed by atoms with van der Waals surface area (Å²) in [7, 11) is 0. The molecule has 0 saturated heterocycles. The largest absolute Gasteiger partial charge is 0.309 e. The minimum Gasteiger partial charge on any atom is -0.309 e. The molecule has 3 heteroatoms. The molecule has 2 aliphatic carbocycles. The van der Waals surface area contributed by atoms with Gasteiger partial charge < -0.3 is 5.32 Å². The number of nitrogens with zero attached hydrogens (tertiary/aromatic N) is 1. The highest BCUT2D eigenvalue weighted by Gasteiger charge is 2.37. The predicted molar refractivity (Wildman–Crippen MR) is 77.2 cm³/mol. The van der Waals surface area contributed by atoms with Crippen LogP contribution in [0.2, 0.25) is 0 Å². The van der Waals surface area contributed by atoms with Crippen molar-refractivity contribution in [3.05, 3.63) is 15.6 Å². The first kappa shape index (κ1) is 12.6. The Morgan fingerprint density at radius 2 is 2.17 bits per heavy atom. The molecule has 1 fully saturated rings. The number of rotatable bonds is 4. The SMILES string of the molecule is CCCNC1CC(C)(C)Cc2nc(C3CC3)sc21.